The first-order valence-electron chi connectivity index (χ1n) is 7.27. The van der Waals surface area contributed by atoms with Crippen molar-refractivity contribution >= 4 is 23.8 Å². The number of nitrogens with zero attached hydrogens (tertiary/aromatic N) is 3. The first-order valence-corrected chi connectivity index (χ1v) is 8.49. The largest absolute Gasteiger partial charge is 0.466 e. The zero-order chi connectivity index (χ0) is 17.3. The number of halogens is 2. The van der Waals surface area contributed by atoms with E-state index >= 15 is 0 Å². The van der Waals surface area contributed by atoms with Crippen LogP contribution in [0.4, 0.5) is 8.78 Å². The smallest absolute Gasteiger partial charge is 0.337 e. The number of methoxy groups -OCH3 is 1. The maximum atomic E-state index is 14.1. The molecule has 1 aromatic heterocycles. The van der Waals surface area contributed by atoms with Gasteiger partial charge in [0, 0.05) is 30.8 Å². The number of rotatable bonds is 4. The normalized spacial score (nSPS) is 20.1. The number of nitrogens with one attached hydrogen (secondary N) is 1. The molecule has 1 aromatic rings. The predicted octanol–water partition coefficient (Wildman–Crippen LogP) is 1.49. The Balaban J connectivity index is 1.99. The molecule has 0 spiro atoms. The lowest BCUT2D eigenvalue weighted by molar-refractivity contribution is -0.136. The van der Waals surface area contributed by atoms with Crippen molar-refractivity contribution in [2.24, 2.45) is 4.99 Å². The lowest BCUT2D eigenvalue weighted by Gasteiger charge is -2.27. The van der Waals surface area contributed by atoms with Gasteiger partial charge in [-0.25, -0.2) is 18.6 Å². The van der Waals surface area contributed by atoms with Gasteiger partial charge >= 0.3 is 5.97 Å². The van der Waals surface area contributed by atoms with Crippen molar-refractivity contribution in [2.75, 3.05) is 26.5 Å². The molecule has 0 radical (unpaired) electrons. The van der Waals surface area contributed by atoms with Crippen LogP contribution >= 0.6 is 11.9 Å². The molecule has 0 bridgehead atoms. The number of ether oxygens (including phenoxy) is 1. The minimum atomic E-state index is -0.782. The van der Waals surface area contributed by atoms with Crippen LogP contribution in [0.1, 0.15) is 12.1 Å². The highest BCUT2D eigenvalue weighted by molar-refractivity contribution is 7.96. The van der Waals surface area contributed by atoms with Gasteiger partial charge in [-0.2, -0.15) is 0 Å². The van der Waals surface area contributed by atoms with E-state index in [9.17, 15) is 13.6 Å². The van der Waals surface area contributed by atoms with E-state index in [0.29, 0.717) is 24.4 Å². The summed E-state index contributed by atoms with van der Waals surface area (Å²) in [7, 11) is 1.31. The van der Waals surface area contributed by atoms with E-state index in [0.717, 1.165) is 18.0 Å². The maximum Gasteiger partial charge on any atom is 0.337 e. The van der Waals surface area contributed by atoms with Crippen molar-refractivity contribution in [1.82, 2.24) is 14.6 Å². The molecule has 0 aromatic carbocycles. The van der Waals surface area contributed by atoms with Gasteiger partial charge in [-0.1, -0.05) is 11.9 Å². The fourth-order valence-electron chi connectivity index (χ4n) is 2.90. The average molecular weight is 354 g/mol. The Labute approximate surface area is 142 Å². The summed E-state index contributed by atoms with van der Waals surface area (Å²) in [5.74, 6) is -1.67. The number of amidine groups is 1. The van der Waals surface area contributed by atoms with Crippen LogP contribution in [0, 0.1) is 11.6 Å². The number of hydrogen-bond acceptors (Lipinski definition) is 7. The summed E-state index contributed by atoms with van der Waals surface area (Å²) in [6.45, 7) is 0.590. The second-order valence-corrected chi connectivity index (χ2v) is 6.02. The van der Waals surface area contributed by atoms with Gasteiger partial charge in [-0.05, 0) is 6.26 Å². The van der Waals surface area contributed by atoms with Gasteiger partial charge in [-0.3, -0.25) is 9.71 Å². The SMILES string of the molecule is COC(=O)C1=C2C[C@H](NSC)CN2C(c2ncc(F)cc2F)=NC1. The van der Waals surface area contributed by atoms with Crippen molar-refractivity contribution in [3.8, 4) is 0 Å². The van der Waals surface area contributed by atoms with E-state index in [1.807, 2.05) is 6.26 Å². The summed E-state index contributed by atoms with van der Waals surface area (Å²) in [5, 5.41) is 0. The number of aliphatic imine (C=N–C) groups is 1. The van der Waals surface area contributed by atoms with E-state index in [1.54, 1.807) is 4.90 Å². The summed E-state index contributed by atoms with van der Waals surface area (Å²) in [6.07, 6.45) is 3.45. The molecule has 3 rings (SSSR count). The van der Waals surface area contributed by atoms with Crippen LogP contribution in [-0.4, -0.2) is 54.2 Å². The average Bonchev–Trinajstić information content (AvgIpc) is 2.97. The quantitative estimate of drug-likeness (QED) is 0.653. The van der Waals surface area contributed by atoms with Gasteiger partial charge in [0.25, 0.3) is 0 Å². The Morgan fingerprint density at radius 3 is 2.96 bits per heavy atom. The number of hydrogen-bond donors (Lipinski definition) is 1. The number of aromatic nitrogens is 1. The van der Waals surface area contributed by atoms with Crippen LogP contribution in [0.3, 0.4) is 0 Å². The van der Waals surface area contributed by atoms with Crippen LogP contribution < -0.4 is 4.72 Å². The first-order chi connectivity index (χ1) is 11.5. The maximum absolute atomic E-state index is 14.1. The van der Waals surface area contributed by atoms with Crippen molar-refractivity contribution in [2.45, 2.75) is 12.5 Å². The van der Waals surface area contributed by atoms with Gasteiger partial charge in [0.15, 0.2) is 11.7 Å². The minimum Gasteiger partial charge on any atom is -0.466 e. The number of esters is 1. The zero-order valence-corrected chi connectivity index (χ0v) is 14.0. The molecule has 1 fully saturated rings. The van der Waals surface area contributed by atoms with E-state index in [4.69, 9.17) is 4.74 Å². The molecule has 1 saturated heterocycles. The molecule has 9 heteroatoms. The Morgan fingerprint density at radius 1 is 1.50 bits per heavy atom. The molecule has 0 saturated carbocycles. The molecular weight excluding hydrogens is 338 g/mol. The Kier molecular flexibility index (Phi) is 4.81. The monoisotopic (exact) mass is 354 g/mol. The number of fused-ring (bicyclic) bond motifs is 1. The molecule has 24 heavy (non-hydrogen) atoms. The fraction of sp³-hybridized carbons (Fsp3) is 0.400. The summed E-state index contributed by atoms with van der Waals surface area (Å²) in [5.41, 5.74) is 1.17. The highest BCUT2D eigenvalue weighted by Gasteiger charge is 2.37. The Morgan fingerprint density at radius 2 is 2.29 bits per heavy atom. The lowest BCUT2D eigenvalue weighted by Crippen LogP contribution is -2.37. The number of pyridine rings is 1. The van der Waals surface area contributed by atoms with Crippen molar-refractivity contribution in [1.29, 1.82) is 0 Å². The molecule has 0 unspecified atom stereocenters. The van der Waals surface area contributed by atoms with Crippen LogP contribution in [-0.2, 0) is 9.53 Å². The molecule has 0 aliphatic carbocycles. The second-order valence-electron chi connectivity index (χ2n) is 5.37. The first kappa shape index (κ1) is 16.8. The Bertz CT molecular complexity index is 738. The predicted molar refractivity (Wildman–Crippen MR) is 86.4 cm³/mol. The third-order valence-corrected chi connectivity index (χ3v) is 4.46. The van der Waals surface area contributed by atoms with Gasteiger partial charge in [-0.15, -0.1) is 0 Å². The molecule has 0 amide bonds. The molecule has 1 N–H and O–H groups in total. The third-order valence-electron chi connectivity index (χ3n) is 3.90. The van der Waals surface area contributed by atoms with Gasteiger partial charge in [0.2, 0.25) is 0 Å². The van der Waals surface area contributed by atoms with Crippen molar-refractivity contribution < 1.29 is 18.3 Å². The standard InChI is InChI=1S/C15H16F2N4O2S/c1-23-15(22)10-6-19-14(13-11(17)3-8(16)5-18-13)21-7-9(20-24-2)4-12(10)21/h3,5,9,20H,4,6-7H2,1-2H3/t9-/m0/s1. The summed E-state index contributed by atoms with van der Waals surface area (Å²) >= 11 is 1.47. The van der Waals surface area contributed by atoms with E-state index in [2.05, 4.69) is 14.7 Å². The number of carbonyl (C=O) groups is 1. The van der Waals surface area contributed by atoms with E-state index in [-0.39, 0.29) is 18.3 Å². The molecule has 1 atom stereocenters. The van der Waals surface area contributed by atoms with Crippen molar-refractivity contribution in [3.63, 3.8) is 0 Å². The molecule has 2 aliphatic heterocycles. The summed E-state index contributed by atoms with van der Waals surface area (Å²) < 4.78 is 35.3. The minimum absolute atomic E-state index is 0.0254. The van der Waals surface area contributed by atoms with Crippen LogP contribution in [0.25, 0.3) is 0 Å². The van der Waals surface area contributed by atoms with Gasteiger partial charge in [0.1, 0.15) is 11.5 Å². The molecule has 3 heterocycles. The second kappa shape index (κ2) is 6.86. The van der Waals surface area contributed by atoms with Crippen LogP contribution in [0.5, 0.6) is 0 Å². The van der Waals surface area contributed by atoms with E-state index in [1.165, 1.54) is 19.1 Å². The van der Waals surface area contributed by atoms with E-state index < -0.39 is 17.6 Å². The zero-order valence-electron chi connectivity index (χ0n) is 13.2. The number of carbonyl (C=O) groups excluding carboxylic acids is 1. The highest BCUT2D eigenvalue weighted by Crippen LogP contribution is 2.31. The molecular formula is C15H16F2N4O2S. The lowest BCUT2D eigenvalue weighted by atomic mass is 10.1. The van der Waals surface area contributed by atoms with Gasteiger partial charge < -0.3 is 9.64 Å². The summed E-state index contributed by atoms with van der Waals surface area (Å²) in [6, 6.07) is 0.846. The molecule has 2 aliphatic rings. The van der Waals surface area contributed by atoms with Crippen molar-refractivity contribution in [3.05, 3.63) is 40.9 Å². The fourth-order valence-corrected chi connectivity index (χ4v) is 3.39. The third kappa shape index (κ3) is 3.01. The van der Waals surface area contributed by atoms with Crippen LogP contribution in [0.2, 0.25) is 0 Å². The molecule has 128 valence electrons. The summed E-state index contributed by atoms with van der Waals surface area (Å²) in [4.78, 5) is 21.9. The highest BCUT2D eigenvalue weighted by atomic mass is 32.2. The molecule has 6 nitrogen and oxygen atoms in total. The van der Waals surface area contributed by atoms with Crippen LogP contribution in [0.15, 0.2) is 28.5 Å². The Hall–Kier alpha value is -2.00. The topological polar surface area (TPSA) is 66.8 Å². The van der Waals surface area contributed by atoms with Gasteiger partial charge in [0.05, 0.1) is 25.4 Å².